The van der Waals surface area contributed by atoms with Gasteiger partial charge in [-0.2, -0.15) is 0 Å². The quantitative estimate of drug-likeness (QED) is 0.655. The van der Waals surface area contributed by atoms with Gasteiger partial charge in [-0.3, -0.25) is 9.59 Å². The first-order chi connectivity index (χ1) is 11.3. The SMILES string of the molecule is CCC(CC(=O)O)[C@](CC)(C(=O)O)N1Cc2cc(N)ccc2C1=O. The van der Waals surface area contributed by atoms with E-state index in [9.17, 15) is 19.5 Å². The summed E-state index contributed by atoms with van der Waals surface area (Å²) in [5.74, 6) is -3.33. The first-order valence-corrected chi connectivity index (χ1v) is 7.93. The molecular weight excluding hydrogens is 312 g/mol. The number of carbonyl (C=O) groups excluding carboxylic acids is 1. The Morgan fingerprint density at radius 2 is 2.00 bits per heavy atom. The maximum atomic E-state index is 12.8. The Balaban J connectivity index is 2.52. The highest BCUT2D eigenvalue weighted by Gasteiger charge is 2.53. The fourth-order valence-corrected chi connectivity index (χ4v) is 3.67. The van der Waals surface area contributed by atoms with Crippen molar-refractivity contribution in [2.45, 2.75) is 45.2 Å². The van der Waals surface area contributed by atoms with Crippen LogP contribution >= 0.6 is 0 Å². The Morgan fingerprint density at radius 3 is 2.50 bits per heavy atom. The van der Waals surface area contributed by atoms with Crippen LogP contribution in [-0.4, -0.2) is 38.5 Å². The molecular formula is C17H22N2O5. The van der Waals surface area contributed by atoms with Crippen molar-refractivity contribution in [1.82, 2.24) is 4.90 Å². The number of rotatable bonds is 7. The maximum Gasteiger partial charge on any atom is 0.329 e. The van der Waals surface area contributed by atoms with Crippen molar-refractivity contribution >= 4 is 23.5 Å². The lowest BCUT2D eigenvalue weighted by Gasteiger charge is -2.42. The molecule has 7 nitrogen and oxygen atoms in total. The number of hydrogen-bond donors (Lipinski definition) is 3. The molecule has 0 saturated heterocycles. The second-order valence-electron chi connectivity index (χ2n) is 6.09. The molecule has 1 unspecified atom stereocenters. The smallest absolute Gasteiger partial charge is 0.329 e. The third-order valence-electron chi connectivity index (χ3n) is 4.91. The molecule has 2 atom stereocenters. The van der Waals surface area contributed by atoms with Crippen LogP contribution in [0.15, 0.2) is 18.2 Å². The monoisotopic (exact) mass is 334 g/mol. The molecule has 1 aliphatic heterocycles. The summed E-state index contributed by atoms with van der Waals surface area (Å²) in [6.07, 6.45) is 0.164. The van der Waals surface area contributed by atoms with Gasteiger partial charge < -0.3 is 20.8 Å². The third kappa shape index (κ3) is 2.70. The molecule has 1 aromatic carbocycles. The summed E-state index contributed by atoms with van der Waals surface area (Å²) in [5.41, 5.74) is 5.79. The van der Waals surface area contributed by atoms with E-state index in [-0.39, 0.29) is 19.4 Å². The lowest BCUT2D eigenvalue weighted by Crippen LogP contribution is -2.59. The molecule has 0 saturated carbocycles. The molecule has 0 aliphatic carbocycles. The van der Waals surface area contributed by atoms with Crippen molar-refractivity contribution in [2.75, 3.05) is 5.73 Å². The third-order valence-corrected chi connectivity index (χ3v) is 4.91. The highest BCUT2D eigenvalue weighted by Crippen LogP contribution is 2.40. The minimum absolute atomic E-state index is 0.121. The fourth-order valence-electron chi connectivity index (χ4n) is 3.67. The zero-order valence-corrected chi connectivity index (χ0v) is 13.8. The molecule has 0 fully saturated rings. The fraction of sp³-hybridized carbons (Fsp3) is 0.471. The average Bonchev–Trinajstić information content (AvgIpc) is 2.83. The van der Waals surface area contributed by atoms with Gasteiger partial charge in [-0.25, -0.2) is 4.79 Å². The minimum Gasteiger partial charge on any atom is -0.481 e. The summed E-state index contributed by atoms with van der Waals surface area (Å²) in [4.78, 5) is 37.5. The van der Waals surface area contributed by atoms with Gasteiger partial charge in [-0.1, -0.05) is 13.8 Å². The van der Waals surface area contributed by atoms with Crippen LogP contribution < -0.4 is 5.73 Å². The number of benzene rings is 1. The Morgan fingerprint density at radius 1 is 1.33 bits per heavy atom. The number of carboxylic acid groups (broad SMARTS) is 2. The summed E-state index contributed by atoms with van der Waals surface area (Å²) >= 11 is 0. The normalized spacial score (nSPS) is 17.2. The van der Waals surface area contributed by atoms with Gasteiger partial charge >= 0.3 is 11.9 Å². The van der Waals surface area contributed by atoms with E-state index in [1.165, 1.54) is 4.90 Å². The van der Waals surface area contributed by atoms with E-state index in [1.807, 2.05) is 0 Å². The largest absolute Gasteiger partial charge is 0.481 e. The van der Waals surface area contributed by atoms with Crippen LogP contribution in [0.2, 0.25) is 0 Å². The first kappa shape index (κ1) is 17.8. The predicted octanol–water partition coefficient (Wildman–Crippen LogP) is 1.96. The van der Waals surface area contributed by atoms with Gasteiger partial charge in [0.1, 0.15) is 5.54 Å². The number of anilines is 1. The zero-order valence-electron chi connectivity index (χ0n) is 13.8. The standard InChI is InChI=1S/C17H22N2O5/c1-3-11(8-14(20)21)17(4-2,16(23)24)19-9-10-7-12(18)5-6-13(10)15(19)22/h5-7,11H,3-4,8-9,18H2,1-2H3,(H,20,21)(H,23,24)/t11?,17-/m1/s1. The van der Waals surface area contributed by atoms with Crippen LogP contribution in [0.25, 0.3) is 0 Å². The second-order valence-corrected chi connectivity index (χ2v) is 6.09. The van der Waals surface area contributed by atoms with Crippen LogP contribution in [0.3, 0.4) is 0 Å². The van der Waals surface area contributed by atoms with Crippen LogP contribution in [0.5, 0.6) is 0 Å². The first-order valence-electron chi connectivity index (χ1n) is 7.93. The molecule has 4 N–H and O–H groups in total. The van der Waals surface area contributed by atoms with Gasteiger partial charge in [0, 0.05) is 23.7 Å². The molecule has 1 aliphatic rings. The number of carbonyl (C=O) groups is 3. The molecule has 130 valence electrons. The number of nitrogen functional groups attached to an aromatic ring is 1. The van der Waals surface area contributed by atoms with Crippen molar-refractivity contribution in [3.05, 3.63) is 29.3 Å². The summed E-state index contributed by atoms with van der Waals surface area (Å²) in [7, 11) is 0. The molecule has 0 radical (unpaired) electrons. The summed E-state index contributed by atoms with van der Waals surface area (Å²) < 4.78 is 0. The number of aliphatic carboxylic acids is 2. The van der Waals surface area contributed by atoms with Crippen LogP contribution in [-0.2, 0) is 16.1 Å². The van der Waals surface area contributed by atoms with Gasteiger partial charge in [0.05, 0.1) is 6.42 Å². The molecule has 7 heteroatoms. The number of nitrogens with two attached hydrogens (primary N) is 1. The van der Waals surface area contributed by atoms with Crippen molar-refractivity contribution in [3.8, 4) is 0 Å². The molecule has 2 rings (SSSR count). The van der Waals surface area contributed by atoms with Crippen molar-refractivity contribution in [3.63, 3.8) is 0 Å². The molecule has 1 aromatic rings. The summed E-state index contributed by atoms with van der Waals surface area (Å²) in [5, 5.41) is 19.1. The van der Waals surface area contributed by atoms with Gasteiger partial charge in [-0.15, -0.1) is 0 Å². The van der Waals surface area contributed by atoms with E-state index in [1.54, 1.807) is 32.0 Å². The number of nitrogens with zero attached hydrogens (tertiary/aromatic N) is 1. The number of hydrogen-bond acceptors (Lipinski definition) is 4. The van der Waals surface area contributed by atoms with Gasteiger partial charge in [0.15, 0.2) is 0 Å². The molecule has 1 heterocycles. The molecule has 1 amide bonds. The van der Waals surface area contributed by atoms with Crippen molar-refractivity contribution in [1.29, 1.82) is 0 Å². The van der Waals surface area contributed by atoms with E-state index in [4.69, 9.17) is 10.8 Å². The van der Waals surface area contributed by atoms with Crippen LogP contribution in [0.1, 0.15) is 49.0 Å². The lowest BCUT2D eigenvalue weighted by molar-refractivity contribution is -0.156. The summed E-state index contributed by atoms with van der Waals surface area (Å²) in [6, 6.07) is 4.85. The second kappa shape index (κ2) is 6.51. The van der Waals surface area contributed by atoms with E-state index >= 15 is 0 Å². The van der Waals surface area contributed by atoms with Gasteiger partial charge in [0.25, 0.3) is 5.91 Å². The number of carboxylic acids is 2. The Kier molecular flexibility index (Phi) is 4.82. The molecule has 0 aromatic heterocycles. The van der Waals surface area contributed by atoms with E-state index in [0.29, 0.717) is 23.2 Å². The number of fused-ring (bicyclic) bond motifs is 1. The van der Waals surface area contributed by atoms with Gasteiger partial charge in [-0.05, 0) is 36.6 Å². The van der Waals surface area contributed by atoms with Crippen LogP contribution in [0.4, 0.5) is 5.69 Å². The topological polar surface area (TPSA) is 121 Å². The highest BCUT2D eigenvalue weighted by molar-refractivity contribution is 6.02. The zero-order chi connectivity index (χ0) is 18.1. The van der Waals surface area contributed by atoms with Crippen molar-refractivity contribution in [2.24, 2.45) is 5.92 Å². The Bertz CT molecular complexity index is 688. The van der Waals surface area contributed by atoms with E-state index in [0.717, 1.165) is 0 Å². The molecule has 24 heavy (non-hydrogen) atoms. The Labute approximate surface area is 140 Å². The maximum absolute atomic E-state index is 12.8. The predicted molar refractivity (Wildman–Crippen MR) is 87.4 cm³/mol. The van der Waals surface area contributed by atoms with Crippen LogP contribution in [0, 0.1) is 5.92 Å². The minimum atomic E-state index is -1.56. The van der Waals surface area contributed by atoms with Crippen molar-refractivity contribution < 1.29 is 24.6 Å². The molecule has 0 bridgehead atoms. The lowest BCUT2D eigenvalue weighted by atomic mass is 9.76. The highest BCUT2D eigenvalue weighted by atomic mass is 16.4. The Hall–Kier alpha value is -2.57. The number of amides is 1. The summed E-state index contributed by atoms with van der Waals surface area (Å²) in [6.45, 7) is 3.53. The van der Waals surface area contributed by atoms with E-state index in [2.05, 4.69) is 0 Å². The van der Waals surface area contributed by atoms with E-state index < -0.39 is 29.3 Å². The van der Waals surface area contributed by atoms with Gasteiger partial charge in [0.2, 0.25) is 0 Å². The average molecular weight is 334 g/mol. The molecule has 0 spiro atoms.